The molecule has 80 valence electrons. The maximum atomic E-state index is 3.50. The van der Waals surface area contributed by atoms with Crippen LogP contribution < -0.4 is 34.9 Å². The molecule has 1 aliphatic rings. The van der Waals surface area contributed by atoms with Gasteiger partial charge in [0.2, 0.25) is 0 Å². The number of rotatable bonds is 0. The third-order valence-corrected chi connectivity index (χ3v) is 3.47. The molecule has 0 fully saturated rings. The minimum absolute atomic E-state index is 0. The smallest absolute Gasteiger partial charge is 0.355 e. The molecular formula is C15H15NNa+. The van der Waals surface area contributed by atoms with Gasteiger partial charge in [0.1, 0.15) is 0 Å². The van der Waals surface area contributed by atoms with Crippen LogP contribution in [0.3, 0.4) is 0 Å². The average Bonchev–Trinajstić information content (AvgIpc) is 2.29. The van der Waals surface area contributed by atoms with Crippen molar-refractivity contribution in [3.05, 3.63) is 59.7 Å². The van der Waals surface area contributed by atoms with E-state index < -0.39 is 0 Å². The molecule has 0 saturated carbocycles. The fraction of sp³-hybridized carbons (Fsp3) is 0.200. The first-order valence-electron chi connectivity index (χ1n) is 5.65. The van der Waals surface area contributed by atoms with E-state index in [-0.39, 0.29) is 35.0 Å². The van der Waals surface area contributed by atoms with Crippen molar-refractivity contribution in [1.82, 2.24) is 0 Å². The molecule has 1 nitrogen and oxygen atoms in total. The van der Waals surface area contributed by atoms with E-state index >= 15 is 0 Å². The Balaban J connectivity index is 0.00000108. The van der Waals surface area contributed by atoms with E-state index in [2.05, 4.69) is 67.7 Å². The van der Waals surface area contributed by atoms with E-state index in [1.807, 2.05) is 0 Å². The summed E-state index contributed by atoms with van der Waals surface area (Å²) in [4.78, 5) is 0. The van der Waals surface area contributed by atoms with Crippen molar-refractivity contribution < 1.29 is 29.6 Å². The van der Waals surface area contributed by atoms with Gasteiger partial charge in [0, 0.05) is 16.8 Å². The van der Waals surface area contributed by atoms with Gasteiger partial charge in [-0.2, -0.15) is 0 Å². The second-order valence-corrected chi connectivity index (χ2v) is 4.84. The molecule has 3 rings (SSSR count). The van der Waals surface area contributed by atoms with Crippen LogP contribution in [0.2, 0.25) is 0 Å². The summed E-state index contributed by atoms with van der Waals surface area (Å²) in [7, 11) is 0. The van der Waals surface area contributed by atoms with Gasteiger partial charge in [0.25, 0.3) is 0 Å². The van der Waals surface area contributed by atoms with E-state index in [1.165, 1.54) is 22.5 Å². The van der Waals surface area contributed by atoms with Gasteiger partial charge in [-0.3, -0.25) is 0 Å². The van der Waals surface area contributed by atoms with E-state index in [4.69, 9.17) is 0 Å². The number of para-hydroxylation sites is 2. The maximum absolute atomic E-state index is 3.50. The first kappa shape index (κ1) is 12.7. The van der Waals surface area contributed by atoms with E-state index in [0.717, 1.165) is 0 Å². The number of hydrogen-bond acceptors (Lipinski definition) is 1. The number of anilines is 2. The SMILES string of the molecule is CC1(C)c2ccccc2Nc2ccccc21.[Na+]. The van der Waals surface area contributed by atoms with Crippen molar-refractivity contribution >= 4 is 11.4 Å². The van der Waals surface area contributed by atoms with Gasteiger partial charge in [-0.05, 0) is 23.3 Å². The fourth-order valence-electron chi connectivity index (χ4n) is 2.56. The van der Waals surface area contributed by atoms with Crippen LogP contribution in [0.5, 0.6) is 0 Å². The Labute approximate surface area is 125 Å². The van der Waals surface area contributed by atoms with E-state index in [9.17, 15) is 0 Å². The monoisotopic (exact) mass is 232 g/mol. The zero-order valence-corrected chi connectivity index (χ0v) is 12.6. The third kappa shape index (κ3) is 1.93. The second-order valence-electron chi connectivity index (χ2n) is 4.84. The summed E-state index contributed by atoms with van der Waals surface area (Å²) in [6.45, 7) is 4.57. The molecule has 2 aromatic carbocycles. The molecule has 2 aromatic rings. The van der Waals surface area contributed by atoms with Gasteiger partial charge in [0.05, 0.1) is 0 Å². The molecule has 0 bridgehead atoms. The molecule has 0 aliphatic carbocycles. The molecule has 0 unspecified atom stereocenters. The Morgan fingerprint density at radius 2 is 1.18 bits per heavy atom. The summed E-state index contributed by atoms with van der Waals surface area (Å²) < 4.78 is 0. The summed E-state index contributed by atoms with van der Waals surface area (Å²) in [5.41, 5.74) is 5.28. The molecule has 1 N–H and O–H groups in total. The van der Waals surface area contributed by atoms with Crippen LogP contribution in [0.25, 0.3) is 0 Å². The Kier molecular flexibility index (Phi) is 3.35. The van der Waals surface area contributed by atoms with Gasteiger partial charge in [0.15, 0.2) is 0 Å². The van der Waals surface area contributed by atoms with Crippen LogP contribution >= 0.6 is 0 Å². The van der Waals surface area contributed by atoms with Crippen LogP contribution in [0, 0.1) is 0 Å². The zero-order chi connectivity index (χ0) is 11.2. The molecule has 1 aliphatic heterocycles. The number of fused-ring (bicyclic) bond motifs is 2. The Morgan fingerprint density at radius 1 is 0.765 bits per heavy atom. The largest absolute Gasteiger partial charge is 1.00 e. The van der Waals surface area contributed by atoms with Crippen molar-refractivity contribution in [3.8, 4) is 0 Å². The Morgan fingerprint density at radius 3 is 1.65 bits per heavy atom. The molecule has 2 heteroatoms. The van der Waals surface area contributed by atoms with Crippen molar-refractivity contribution in [1.29, 1.82) is 0 Å². The maximum Gasteiger partial charge on any atom is 1.00 e. The molecule has 0 radical (unpaired) electrons. The van der Waals surface area contributed by atoms with Crippen LogP contribution in [0.15, 0.2) is 48.5 Å². The third-order valence-electron chi connectivity index (χ3n) is 3.47. The number of hydrogen-bond donors (Lipinski definition) is 1. The van der Waals surface area contributed by atoms with Crippen molar-refractivity contribution in [3.63, 3.8) is 0 Å². The predicted molar refractivity (Wildman–Crippen MR) is 68.3 cm³/mol. The average molecular weight is 232 g/mol. The van der Waals surface area contributed by atoms with Crippen molar-refractivity contribution in [2.75, 3.05) is 5.32 Å². The summed E-state index contributed by atoms with van der Waals surface area (Å²) in [6.07, 6.45) is 0. The van der Waals surface area contributed by atoms with Crippen molar-refractivity contribution in [2.45, 2.75) is 19.3 Å². The second kappa shape index (κ2) is 4.49. The summed E-state index contributed by atoms with van der Waals surface area (Å²) in [5, 5.41) is 3.50. The Bertz CT molecular complexity index is 499. The molecule has 0 atom stereocenters. The van der Waals surface area contributed by atoms with Crippen LogP contribution in [-0.2, 0) is 5.41 Å². The topological polar surface area (TPSA) is 12.0 Å². The van der Waals surface area contributed by atoms with Crippen molar-refractivity contribution in [2.24, 2.45) is 0 Å². The minimum atomic E-state index is 0. The fourth-order valence-corrected chi connectivity index (χ4v) is 2.56. The summed E-state index contributed by atoms with van der Waals surface area (Å²) in [5.74, 6) is 0. The Hall–Kier alpha value is -0.760. The molecule has 0 spiro atoms. The molecular weight excluding hydrogens is 217 g/mol. The van der Waals surface area contributed by atoms with Gasteiger partial charge < -0.3 is 5.32 Å². The predicted octanol–water partition coefficient (Wildman–Crippen LogP) is 1.07. The molecule has 0 saturated heterocycles. The minimum Gasteiger partial charge on any atom is -0.355 e. The number of benzene rings is 2. The summed E-state index contributed by atoms with van der Waals surface area (Å²) in [6, 6.07) is 17.1. The molecule has 1 heterocycles. The van der Waals surface area contributed by atoms with Crippen LogP contribution in [-0.4, -0.2) is 0 Å². The molecule has 0 amide bonds. The first-order valence-corrected chi connectivity index (χ1v) is 5.65. The number of nitrogens with one attached hydrogen (secondary N) is 1. The zero-order valence-electron chi connectivity index (χ0n) is 10.6. The molecule has 0 aromatic heterocycles. The van der Waals surface area contributed by atoms with Gasteiger partial charge >= 0.3 is 29.6 Å². The first-order chi connectivity index (χ1) is 7.69. The quantitative estimate of drug-likeness (QED) is 0.670. The summed E-state index contributed by atoms with van der Waals surface area (Å²) >= 11 is 0. The normalized spacial score (nSPS) is 14.9. The van der Waals surface area contributed by atoms with E-state index in [0.29, 0.717) is 0 Å². The standard InChI is InChI=1S/C15H15N.Na/c1-15(2)11-7-3-5-9-13(11)16-14-10-6-4-8-12(14)15;/h3-10,16H,1-2H3;/q;+1. The van der Waals surface area contributed by atoms with Crippen LogP contribution in [0.1, 0.15) is 25.0 Å². The molecule has 17 heavy (non-hydrogen) atoms. The van der Waals surface area contributed by atoms with Gasteiger partial charge in [-0.25, -0.2) is 0 Å². The van der Waals surface area contributed by atoms with Crippen LogP contribution in [0.4, 0.5) is 11.4 Å². The van der Waals surface area contributed by atoms with Gasteiger partial charge in [-0.15, -0.1) is 0 Å². The van der Waals surface area contributed by atoms with Gasteiger partial charge in [-0.1, -0.05) is 50.2 Å². The van der Waals surface area contributed by atoms with E-state index in [1.54, 1.807) is 0 Å².